The molecular formula is C32H35ClF3N3O3. The van der Waals surface area contributed by atoms with E-state index in [1.165, 1.54) is 11.6 Å². The molecular weight excluding hydrogens is 567 g/mol. The van der Waals surface area contributed by atoms with Crippen LogP contribution in [0.2, 0.25) is 5.02 Å². The van der Waals surface area contributed by atoms with Crippen LogP contribution in [-0.2, 0) is 18.1 Å². The van der Waals surface area contributed by atoms with Crippen molar-refractivity contribution < 1.29 is 27.4 Å². The third-order valence-corrected chi connectivity index (χ3v) is 9.21. The van der Waals surface area contributed by atoms with Gasteiger partial charge >= 0.3 is 12.2 Å². The lowest BCUT2D eigenvalue weighted by molar-refractivity contribution is -0.137. The van der Waals surface area contributed by atoms with Crippen molar-refractivity contribution in [2.45, 2.75) is 55.9 Å². The number of likely N-dealkylation sites (tertiary alicyclic amines) is 1. The van der Waals surface area contributed by atoms with E-state index in [0.717, 1.165) is 49.9 Å². The first-order valence-electron chi connectivity index (χ1n) is 14.0. The number of carbonyl (C=O) groups is 1. The Bertz CT molecular complexity index is 1420. The number of hydrogen-bond acceptors (Lipinski definition) is 4. The predicted octanol–water partition coefficient (Wildman–Crippen LogP) is 7.60. The highest BCUT2D eigenvalue weighted by molar-refractivity contribution is 6.31. The Balaban J connectivity index is 1.44. The Morgan fingerprint density at radius 2 is 1.79 bits per heavy atom. The third kappa shape index (κ3) is 5.90. The first-order valence-corrected chi connectivity index (χ1v) is 14.3. The summed E-state index contributed by atoms with van der Waals surface area (Å²) in [5, 5.41) is 2.31. The van der Waals surface area contributed by atoms with Crippen molar-refractivity contribution in [2.24, 2.45) is 0 Å². The molecule has 0 aromatic heterocycles. The van der Waals surface area contributed by atoms with Gasteiger partial charge in [-0.2, -0.15) is 13.2 Å². The molecule has 0 radical (unpaired) electrons. The Labute approximate surface area is 249 Å². The summed E-state index contributed by atoms with van der Waals surface area (Å²) < 4.78 is 51.6. The number of rotatable bonds is 7. The van der Waals surface area contributed by atoms with E-state index < -0.39 is 22.8 Å². The van der Waals surface area contributed by atoms with Gasteiger partial charge in [-0.1, -0.05) is 48.0 Å². The lowest BCUT2D eigenvalue weighted by atomic mass is 9.64. The third-order valence-electron chi connectivity index (χ3n) is 8.88. The normalized spacial score (nSPS) is 22.4. The summed E-state index contributed by atoms with van der Waals surface area (Å²) in [5.41, 5.74) is 1.08. The number of benzene rings is 3. The highest BCUT2D eigenvalue weighted by atomic mass is 35.5. The fourth-order valence-electron chi connectivity index (χ4n) is 6.69. The number of halogens is 4. The van der Waals surface area contributed by atoms with Crippen LogP contribution in [0.25, 0.3) is 0 Å². The number of carbonyl (C=O) groups excluding carboxylic acids is 1. The van der Waals surface area contributed by atoms with Crippen LogP contribution >= 0.6 is 11.6 Å². The monoisotopic (exact) mass is 601 g/mol. The van der Waals surface area contributed by atoms with Crippen molar-refractivity contribution in [2.75, 3.05) is 33.1 Å². The molecule has 1 saturated heterocycles. The standard InChI is InChI=1S/C32H35ClF3N3O3/c1-38-16-15-31(22-9-12-27(41-2)28(17-22)42-3)14-13-24(19-29(31)38)39(20-21-7-5-4-6-8-21)30(40)37-23-10-11-26(33)25(18-23)32(34,35)36/h4-12,17-18,24,29H,13-16,19-20H2,1-3H3,(H,37,40)/t24-,29-,31+/m1/s1. The molecule has 1 heterocycles. The molecule has 2 aliphatic rings. The summed E-state index contributed by atoms with van der Waals surface area (Å²) in [4.78, 5) is 17.9. The van der Waals surface area contributed by atoms with Gasteiger partial charge in [0.2, 0.25) is 0 Å². The van der Waals surface area contributed by atoms with Gasteiger partial charge in [0.25, 0.3) is 0 Å². The number of nitrogens with zero attached hydrogens (tertiary/aromatic N) is 2. The second-order valence-electron chi connectivity index (χ2n) is 11.1. The van der Waals surface area contributed by atoms with Gasteiger partial charge in [-0.15, -0.1) is 0 Å². The van der Waals surface area contributed by atoms with E-state index in [2.05, 4.69) is 29.4 Å². The summed E-state index contributed by atoms with van der Waals surface area (Å²) in [7, 11) is 5.36. The van der Waals surface area contributed by atoms with E-state index in [9.17, 15) is 18.0 Å². The quantitative estimate of drug-likeness (QED) is 0.303. The Morgan fingerprint density at radius 1 is 1.05 bits per heavy atom. The minimum absolute atomic E-state index is 0.0447. The molecule has 224 valence electrons. The molecule has 2 amide bonds. The fraction of sp³-hybridized carbons (Fsp3) is 0.406. The van der Waals surface area contributed by atoms with Crippen molar-refractivity contribution in [1.29, 1.82) is 0 Å². The van der Waals surface area contributed by atoms with Crippen molar-refractivity contribution >= 4 is 23.3 Å². The van der Waals surface area contributed by atoms with Gasteiger partial charge in [0.15, 0.2) is 11.5 Å². The molecule has 0 unspecified atom stereocenters. The van der Waals surface area contributed by atoms with Crippen LogP contribution < -0.4 is 14.8 Å². The first-order chi connectivity index (χ1) is 20.1. The number of ether oxygens (including phenoxy) is 2. The second-order valence-corrected chi connectivity index (χ2v) is 11.5. The number of fused-ring (bicyclic) bond motifs is 1. The van der Waals surface area contributed by atoms with Crippen LogP contribution in [0.5, 0.6) is 11.5 Å². The number of urea groups is 1. The lowest BCUT2D eigenvalue weighted by Crippen LogP contribution is -2.53. The molecule has 1 aliphatic heterocycles. The van der Waals surface area contributed by atoms with Gasteiger partial charge in [-0.25, -0.2) is 4.79 Å². The van der Waals surface area contributed by atoms with Gasteiger partial charge < -0.3 is 24.6 Å². The summed E-state index contributed by atoms with van der Waals surface area (Å²) in [5.74, 6) is 1.36. The summed E-state index contributed by atoms with van der Waals surface area (Å²) in [6, 6.07) is 18.8. The Morgan fingerprint density at radius 3 is 2.48 bits per heavy atom. The second kappa shape index (κ2) is 12.1. The van der Waals surface area contributed by atoms with Crippen LogP contribution in [0, 0.1) is 0 Å². The zero-order chi connectivity index (χ0) is 30.1. The number of methoxy groups -OCH3 is 2. The number of likely N-dealkylation sites (N-methyl/N-ethyl adjacent to an activating group) is 1. The van der Waals surface area contributed by atoms with Crippen LogP contribution in [0.3, 0.4) is 0 Å². The largest absolute Gasteiger partial charge is 0.493 e. The lowest BCUT2D eigenvalue weighted by Gasteiger charge is -2.47. The maximum absolute atomic E-state index is 13.8. The maximum Gasteiger partial charge on any atom is 0.417 e. The topological polar surface area (TPSA) is 54.0 Å². The van der Waals surface area contributed by atoms with Gasteiger partial charge in [-0.3, -0.25) is 0 Å². The number of nitrogens with one attached hydrogen (secondary N) is 1. The number of hydrogen-bond donors (Lipinski definition) is 1. The molecule has 1 saturated carbocycles. The molecule has 5 rings (SSSR count). The van der Waals surface area contributed by atoms with Crippen molar-refractivity contribution in [3.05, 3.63) is 88.4 Å². The fourth-order valence-corrected chi connectivity index (χ4v) is 6.91. The summed E-state index contributed by atoms with van der Waals surface area (Å²) >= 11 is 5.81. The summed E-state index contributed by atoms with van der Waals surface area (Å²) in [6.45, 7) is 1.25. The van der Waals surface area contributed by atoms with E-state index in [-0.39, 0.29) is 23.2 Å². The van der Waals surface area contributed by atoms with Crippen LogP contribution in [0.1, 0.15) is 42.4 Å². The average Bonchev–Trinajstić information content (AvgIpc) is 3.33. The maximum atomic E-state index is 13.8. The van der Waals surface area contributed by atoms with Crippen molar-refractivity contribution in [1.82, 2.24) is 9.80 Å². The van der Waals surface area contributed by atoms with Gasteiger partial charge in [0.05, 0.1) is 24.8 Å². The molecule has 10 heteroatoms. The molecule has 1 N–H and O–H groups in total. The smallest absolute Gasteiger partial charge is 0.417 e. The Kier molecular flexibility index (Phi) is 8.62. The predicted molar refractivity (Wildman–Crippen MR) is 157 cm³/mol. The zero-order valence-electron chi connectivity index (χ0n) is 23.9. The minimum atomic E-state index is -4.63. The minimum Gasteiger partial charge on any atom is -0.493 e. The number of anilines is 1. The van der Waals surface area contributed by atoms with E-state index in [4.69, 9.17) is 21.1 Å². The van der Waals surface area contributed by atoms with Crippen molar-refractivity contribution in [3.63, 3.8) is 0 Å². The van der Waals surface area contributed by atoms with Crippen LogP contribution in [0.4, 0.5) is 23.7 Å². The van der Waals surface area contributed by atoms with Gasteiger partial charge in [-0.05, 0) is 80.7 Å². The molecule has 0 spiro atoms. The van der Waals surface area contributed by atoms with E-state index in [1.807, 2.05) is 36.4 Å². The summed E-state index contributed by atoms with van der Waals surface area (Å²) in [6.07, 6.45) is -1.34. The zero-order valence-corrected chi connectivity index (χ0v) is 24.6. The molecule has 42 heavy (non-hydrogen) atoms. The number of alkyl halides is 3. The van der Waals surface area contributed by atoms with E-state index in [0.29, 0.717) is 18.0 Å². The molecule has 6 nitrogen and oxygen atoms in total. The molecule has 3 aromatic carbocycles. The van der Waals surface area contributed by atoms with E-state index >= 15 is 0 Å². The Hall–Kier alpha value is -3.43. The highest BCUT2D eigenvalue weighted by Gasteiger charge is 2.51. The molecule has 3 aromatic rings. The van der Waals surface area contributed by atoms with Crippen molar-refractivity contribution in [3.8, 4) is 11.5 Å². The first kappa shape index (κ1) is 30.0. The van der Waals surface area contributed by atoms with Gasteiger partial charge in [0, 0.05) is 29.7 Å². The highest BCUT2D eigenvalue weighted by Crippen LogP contribution is 2.51. The average molecular weight is 602 g/mol. The van der Waals surface area contributed by atoms with Gasteiger partial charge in [0.1, 0.15) is 0 Å². The molecule has 2 fully saturated rings. The van der Waals surface area contributed by atoms with Crippen LogP contribution in [-0.4, -0.2) is 55.7 Å². The SMILES string of the molecule is COc1ccc([C@@]23CC[C@@H](N(Cc4ccccc4)C(=O)Nc4ccc(Cl)c(C(F)(F)F)c4)C[C@H]2N(C)CC3)cc1OC. The molecule has 0 bridgehead atoms. The molecule has 3 atom stereocenters. The number of amides is 2. The van der Waals surface area contributed by atoms with E-state index in [1.54, 1.807) is 19.1 Å². The van der Waals surface area contributed by atoms with Crippen LogP contribution in [0.15, 0.2) is 66.7 Å². The molecule has 1 aliphatic carbocycles.